The van der Waals surface area contributed by atoms with E-state index in [2.05, 4.69) is 23.5 Å². The van der Waals surface area contributed by atoms with Crippen molar-refractivity contribution in [2.24, 2.45) is 23.2 Å². The fourth-order valence-corrected chi connectivity index (χ4v) is 6.61. The smallest absolute Gasteiger partial charge is 0.223 e. The number of hydrogen-bond donors (Lipinski definition) is 1. The van der Waals surface area contributed by atoms with Gasteiger partial charge < -0.3 is 10.1 Å². The molecule has 4 aliphatic rings. The Hall–Kier alpha value is -1.51. The number of carbonyl (C=O) groups excluding carboxylic acids is 1. The van der Waals surface area contributed by atoms with Crippen LogP contribution >= 0.6 is 0 Å². The van der Waals surface area contributed by atoms with Crippen LogP contribution in [0.2, 0.25) is 0 Å². The van der Waals surface area contributed by atoms with Crippen molar-refractivity contribution in [3.05, 3.63) is 29.3 Å². The standard InChI is InChI=1S/C20H25NO2/c1-23-13-3-5-14-12(10-13)2-4-16-15(14)8-9-20-11-21-19(22)18(20)7-6-17(16)20/h3,5,10,15-18H,2,4,6-9,11H2,1H3,(H,21,22). The van der Waals surface area contributed by atoms with E-state index in [1.165, 1.54) is 37.7 Å². The monoisotopic (exact) mass is 311 g/mol. The lowest BCUT2D eigenvalue weighted by Crippen LogP contribution is -2.44. The van der Waals surface area contributed by atoms with Gasteiger partial charge in [-0.2, -0.15) is 0 Å². The predicted octanol–water partition coefficient (Wildman–Crippen LogP) is 3.28. The van der Waals surface area contributed by atoms with E-state index < -0.39 is 0 Å². The lowest BCUT2D eigenvalue weighted by atomic mass is 9.54. The van der Waals surface area contributed by atoms with Crippen LogP contribution in [0.5, 0.6) is 5.75 Å². The van der Waals surface area contributed by atoms with Crippen LogP contribution in [0.25, 0.3) is 0 Å². The number of nitrogens with one attached hydrogen (secondary N) is 1. The second-order valence-corrected chi connectivity index (χ2v) is 8.10. The van der Waals surface area contributed by atoms with Gasteiger partial charge >= 0.3 is 0 Å². The maximum absolute atomic E-state index is 12.2. The van der Waals surface area contributed by atoms with E-state index in [9.17, 15) is 4.79 Å². The van der Waals surface area contributed by atoms with Gasteiger partial charge in [-0.15, -0.1) is 0 Å². The third kappa shape index (κ3) is 1.74. The van der Waals surface area contributed by atoms with Gasteiger partial charge in [0.25, 0.3) is 0 Å². The molecule has 0 bridgehead atoms. The van der Waals surface area contributed by atoms with Crippen LogP contribution in [0.1, 0.15) is 49.1 Å². The topological polar surface area (TPSA) is 38.3 Å². The van der Waals surface area contributed by atoms with Gasteiger partial charge in [-0.1, -0.05) is 6.07 Å². The summed E-state index contributed by atoms with van der Waals surface area (Å²) in [6.45, 7) is 0.944. The average Bonchev–Trinajstić information content (AvgIpc) is 3.11. The molecular formula is C20H25NO2. The highest BCUT2D eigenvalue weighted by molar-refractivity contribution is 5.82. The Kier molecular flexibility index (Phi) is 2.87. The molecule has 1 aliphatic heterocycles. The zero-order valence-corrected chi connectivity index (χ0v) is 13.8. The molecule has 3 aliphatic carbocycles. The minimum Gasteiger partial charge on any atom is -0.497 e. The number of ether oxygens (including phenoxy) is 1. The zero-order valence-electron chi connectivity index (χ0n) is 13.8. The number of amides is 1. The Labute approximate surface area is 137 Å². The highest BCUT2D eigenvalue weighted by Gasteiger charge is 2.61. The predicted molar refractivity (Wildman–Crippen MR) is 88.4 cm³/mol. The van der Waals surface area contributed by atoms with E-state index >= 15 is 0 Å². The van der Waals surface area contributed by atoms with Gasteiger partial charge in [-0.3, -0.25) is 4.79 Å². The Morgan fingerprint density at radius 1 is 1.22 bits per heavy atom. The average molecular weight is 311 g/mol. The first-order valence-corrected chi connectivity index (χ1v) is 9.17. The van der Waals surface area contributed by atoms with Gasteiger partial charge in [-0.25, -0.2) is 0 Å². The molecule has 1 N–H and O–H groups in total. The van der Waals surface area contributed by atoms with Crippen molar-refractivity contribution in [1.29, 1.82) is 0 Å². The molecule has 1 amide bonds. The summed E-state index contributed by atoms with van der Waals surface area (Å²) in [7, 11) is 1.75. The lowest BCUT2D eigenvalue weighted by Gasteiger charge is -2.50. The van der Waals surface area contributed by atoms with Crippen LogP contribution in [-0.4, -0.2) is 19.6 Å². The van der Waals surface area contributed by atoms with Crippen molar-refractivity contribution in [3.8, 4) is 5.75 Å². The fraction of sp³-hybridized carbons (Fsp3) is 0.650. The maximum atomic E-state index is 12.2. The quantitative estimate of drug-likeness (QED) is 0.864. The summed E-state index contributed by atoms with van der Waals surface area (Å²) < 4.78 is 5.41. The highest BCUT2D eigenvalue weighted by Crippen LogP contribution is 2.64. The van der Waals surface area contributed by atoms with Crippen molar-refractivity contribution in [3.63, 3.8) is 0 Å². The Morgan fingerprint density at radius 2 is 2.13 bits per heavy atom. The third-order valence-electron chi connectivity index (χ3n) is 7.56. The van der Waals surface area contributed by atoms with Crippen molar-refractivity contribution in [1.82, 2.24) is 5.32 Å². The van der Waals surface area contributed by atoms with Gasteiger partial charge in [0.1, 0.15) is 5.75 Å². The van der Waals surface area contributed by atoms with E-state index in [1.807, 2.05) is 0 Å². The molecule has 3 nitrogen and oxygen atoms in total. The molecule has 3 heteroatoms. The molecular weight excluding hydrogens is 286 g/mol. The Morgan fingerprint density at radius 3 is 3.00 bits per heavy atom. The van der Waals surface area contributed by atoms with Crippen LogP contribution in [0.4, 0.5) is 0 Å². The van der Waals surface area contributed by atoms with E-state index in [0.717, 1.165) is 30.6 Å². The summed E-state index contributed by atoms with van der Waals surface area (Å²) in [5, 5.41) is 3.19. The van der Waals surface area contributed by atoms with Gasteiger partial charge in [0.05, 0.1) is 7.11 Å². The van der Waals surface area contributed by atoms with Gasteiger partial charge in [-0.05, 0) is 79.5 Å². The molecule has 23 heavy (non-hydrogen) atoms. The first-order valence-electron chi connectivity index (χ1n) is 9.17. The number of aryl methyl sites for hydroxylation is 1. The molecule has 2 saturated carbocycles. The van der Waals surface area contributed by atoms with Crippen LogP contribution in [0, 0.1) is 23.2 Å². The first kappa shape index (κ1) is 13.9. The molecule has 122 valence electrons. The molecule has 1 saturated heterocycles. The lowest BCUT2D eigenvalue weighted by molar-refractivity contribution is -0.124. The van der Waals surface area contributed by atoms with Crippen molar-refractivity contribution in [2.45, 2.75) is 44.4 Å². The number of methoxy groups -OCH3 is 1. The number of rotatable bonds is 1. The number of hydrogen-bond acceptors (Lipinski definition) is 2. The number of carbonyl (C=O) groups is 1. The van der Waals surface area contributed by atoms with Gasteiger partial charge in [0, 0.05) is 17.9 Å². The molecule has 1 heterocycles. The molecule has 0 radical (unpaired) electrons. The molecule has 5 rings (SSSR count). The number of benzene rings is 1. The summed E-state index contributed by atoms with van der Waals surface area (Å²) in [6.07, 6.45) is 7.34. The third-order valence-corrected chi connectivity index (χ3v) is 7.56. The van der Waals surface area contributed by atoms with E-state index in [0.29, 0.717) is 23.2 Å². The summed E-state index contributed by atoms with van der Waals surface area (Å²) >= 11 is 0. The zero-order chi connectivity index (χ0) is 15.6. The summed E-state index contributed by atoms with van der Waals surface area (Å²) in [5.41, 5.74) is 3.36. The SMILES string of the molecule is COc1ccc2c(c1)CCC1C2CCC23CNC(=O)C2CCC13. The minimum atomic E-state index is 0.294. The highest BCUT2D eigenvalue weighted by atomic mass is 16.5. The van der Waals surface area contributed by atoms with E-state index in [-0.39, 0.29) is 0 Å². The summed E-state index contributed by atoms with van der Waals surface area (Å²) in [5.74, 6) is 3.87. The van der Waals surface area contributed by atoms with Crippen molar-refractivity contribution in [2.75, 3.05) is 13.7 Å². The molecule has 5 atom stereocenters. The minimum absolute atomic E-state index is 0.294. The Bertz CT molecular complexity index is 670. The normalized spacial score (nSPS) is 40.7. The first-order chi connectivity index (χ1) is 11.2. The van der Waals surface area contributed by atoms with Gasteiger partial charge in [0.2, 0.25) is 5.91 Å². The van der Waals surface area contributed by atoms with Crippen molar-refractivity contribution < 1.29 is 9.53 Å². The largest absolute Gasteiger partial charge is 0.497 e. The summed E-state index contributed by atoms with van der Waals surface area (Å²) in [4.78, 5) is 12.2. The molecule has 0 aromatic heterocycles. The second-order valence-electron chi connectivity index (χ2n) is 8.10. The summed E-state index contributed by atoms with van der Waals surface area (Å²) in [6, 6.07) is 6.69. The van der Waals surface area contributed by atoms with E-state index in [1.54, 1.807) is 12.7 Å². The van der Waals surface area contributed by atoms with Crippen molar-refractivity contribution >= 4 is 5.91 Å². The molecule has 5 unspecified atom stereocenters. The fourth-order valence-electron chi connectivity index (χ4n) is 6.61. The van der Waals surface area contributed by atoms with Crippen LogP contribution in [-0.2, 0) is 11.2 Å². The van der Waals surface area contributed by atoms with E-state index in [4.69, 9.17) is 4.74 Å². The molecule has 3 fully saturated rings. The van der Waals surface area contributed by atoms with Crippen LogP contribution in [0.3, 0.4) is 0 Å². The maximum Gasteiger partial charge on any atom is 0.223 e. The van der Waals surface area contributed by atoms with Crippen LogP contribution < -0.4 is 10.1 Å². The number of fused-ring (bicyclic) bond motifs is 4. The molecule has 1 aromatic carbocycles. The molecule has 1 aromatic rings. The second kappa shape index (κ2) is 4.75. The van der Waals surface area contributed by atoms with Gasteiger partial charge in [0.15, 0.2) is 0 Å². The molecule has 1 spiro atoms. The van der Waals surface area contributed by atoms with Crippen LogP contribution in [0.15, 0.2) is 18.2 Å². The Balaban J connectivity index is 1.51.